The number of nitrogens with zero attached hydrogens (tertiary/aromatic N) is 2. The number of nitrogens with two attached hydrogens (primary N) is 1. The summed E-state index contributed by atoms with van der Waals surface area (Å²) in [4.78, 5) is 25.2. The van der Waals surface area contributed by atoms with Gasteiger partial charge in [0.05, 0.1) is 25.4 Å². The van der Waals surface area contributed by atoms with Gasteiger partial charge in [0.15, 0.2) is 0 Å². The van der Waals surface area contributed by atoms with Crippen LogP contribution in [0.15, 0.2) is 18.2 Å². The van der Waals surface area contributed by atoms with Crippen molar-refractivity contribution in [1.82, 2.24) is 4.90 Å². The van der Waals surface area contributed by atoms with Crippen molar-refractivity contribution in [3.8, 4) is 0 Å². The molecule has 0 bridgehead atoms. The fraction of sp³-hybridized carbons (Fsp3) is 0.529. The van der Waals surface area contributed by atoms with Crippen LogP contribution in [0, 0.1) is 5.82 Å². The summed E-state index contributed by atoms with van der Waals surface area (Å²) in [6.45, 7) is -4.78. The largest absolute Gasteiger partial charge is 0.401 e. The van der Waals surface area contributed by atoms with Crippen LogP contribution in [0.1, 0.15) is 0 Å². The Hall–Kier alpha value is -2.45. The SMILES string of the molecule is NC[C@@H](C(=O)Nc1ccc(N2CCOCC2=O)cc1F)N(CC(F)(F)F)CC(F)(F)F. The standard InChI is InChI=1S/C17H19F7N4O3/c18-11-5-10(28-3-4-31-7-14(28)29)1-2-12(11)26-15(30)13(6-25)27(8-16(19,20)21)9-17(22,23)24/h1-2,5,13H,3-4,6-9,25H2,(H,26,30)/t13-/m0/s1. The Kier molecular flexibility index (Phi) is 7.83. The second-order valence-corrected chi connectivity index (χ2v) is 6.64. The molecular formula is C17H19F7N4O3. The molecule has 1 fully saturated rings. The minimum absolute atomic E-state index is 0.148. The van der Waals surface area contributed by atoms with Crippen LogP contribution in [0.25, 0.3) is 0 Å². The molecule has 7 nitrogen and oxygen atoms in total. The van der Waals surface area contributed by atoms with Crippen LogP contribution >= 0.6 is 0 Å². The summed E-state index contributed by atoms with van der Waals surface area (Å²) in [5.41, 5.74) is 4.91. The Labute approximate surface area is 171 Å². The van der Waals surface area contributed by atoms with E-state index in [-0.39, 0.29) is 30.3 Å². The van der Waals surface area contributed by atoms with Gasteiger partial charge in [0, 0.05) is 18.8 Å². The molecule has 2 rings (SSSR count). The van der Waals surface area contributed by atoms with E-state index in [4.69, 9.17) is 10.5 Å². The summed E-state index contributed by atoms with van der Waals surface area (Å²) < 4.78 is 95.6. The molecule has 31 heavy (non-hydrogen) atoms. The number of carbonyl (C=O) groups excluding carboxylic acids is 2. The lowest BCUT2D eigenvalue weighted by Gasteiger charge is -2.31. The second-order valence-electron chi connectivity index (χ2n) is 6.64. The molecule has 1 atom stereocenters. The number of hydrogen-bond acceptors (Lipinski definition) is 5. The van der Waals surface area contributed by atoms with Gasteiger partial charge in [-0.25, -0.2) is 4.39 Å². The molecule has 1 aromatic carbocycles. The van der Waals surface area contributed by atoms with Crippen molar-refractivity contribution in [3.63, 3.8) is 0 Å². The second kappa shape index (κ2) is 9.78. The van der Waals surface area contributed by atoms with Gasteiger partial charge in [-0.2, -0.15) is 26.3 Å². The quantitative estimate of drug-likeness (QED) is 0.607. The first-order valence-corrected chi connectivity index (χ1v) is 8.87. The molecule has 0 aliphatic carbocycles. The minimum atomic E-state index is -5.03. The zero-order chi connectivity index (χ0) is 23.4. The highest BCUT2D eigenvalue weighted by atomic mass is 19.4. The van der Waals surface area contributed by atoms with Crippen LogP contribution in [0.5, 0.6) is 0 Å². The van der Waals surface area contributed by atoms with E-state index in [1.807, 2.05) is 5.32 Å². The van der Waals surface area contributed by atoms with Crippen molar-refractivity contribution in [2.45, 2.75) is 18.4 Å². The number of amides is 2. The fourth-order valence-electron chi connectivity index (χ4n) is 2.94. The van der Waals surface area contributed by atoms with E-state index in [9.17, 15) is 40.3 Å². The molecule has 1 aliphatic rings. The number of benzene rings is 1. The number of anilines is 2. The van der Waals surface area contributed by atoms with Crippen LogP contribution in [0.2, 0.25) is 0 Å². The summed E-state index contributed by atoms with van der Waals surface area (Å²) in [5, 5.41) is 1.96. The van der Waals surface area contributed by atoms with E-state index in [1.54, 1.807) is 0 Å². The molecule has 3 N–H and O–H groups in total. The van der Waals surface area contributed by atoms with Gasteiger partial charge in [-0.3, -0.25) is 14.5 Å². The molecule has 0 spiro atoms. The van der Waals surface area contributed by atoms with Gasteiger partial charge in [0.2, 0.25) is 5.91 Å². The monoisotopic (exact) mass is 460 g/mol. The first-order valence-electron chi connectivity index (χ1n) is 8.87. The number of morpholine rings is 1. The van der Waals surface area contributed by atoms with E-state index in [2.05, 4.69) is 0 Å². The normalized spacial score (nSPS) is 16.5. The minimum Gasteiger partial charge on any atom is -0.370 e. The van der Waals surface area contributed by atoms with Crippen molar-refractivity contribution >= 4 is 23.2 Å². The molecule has 1 aromatic rings. The van der Waals surface area contributed by atoms with Gasteiger partial charge < -0.3 is 20.7 Å². The van der Waals surface area contributed by atoms with E-state index >= 15 is 0 Å². The molecule has 0 radical (unpaired) electrons. The topological polar surface area (TPSA) is 87.9 Å². The lowest BCUT2D eigenvalue weighted by atomic mass is 10.2. The van der Waals surface area contributed by atoms with Gasteiger partial charge in [-0.15, -0.1) is 0 Å². The Balaban J connectivity index is 2.19. The average Bonchev–Trinajstić information content (AvgIpc) is 2.61. The lowest BCUT2D eigenvalue weighted by molar-refractivity contribution is -0.186. The third-order valence-corrected chi connectivity index (χ3v) is 4.24. The molecule has 2 amide bonds. The highest BCUT2D eigenvalue weighted by molar-refractivity contribution is 5.97. The van der Waals surface area contributed by atoms with Crippen LogP contribution < -0.4 is 16.0 Å². The number of hydrogen-bond donors (Lipinski definition) is 2. The van der Waals surface area contributed by atoms with Crippen molar-refractivity contribution in [2.75, 3.05) is 49.6 Å². The summed E-state index contributed by atoms with van der Waals surface area (Å²) in [5.74, 6) is -2.82. The van der Waals surface area contributed by atoms with Crippen LogP contribution in [0.4, 0.5) is 42.1 Å². The highest BCUT2D eigenvalue weighted by Gasteiger charge is 2.42. The smallest absolute Gasteiger partial charge is 0.370 e. The third kappa shape index (κ3) is 7.33. The molecule has 0 unspecified atom stereocenters. The van der Waals surface area contributed by atoms with E-state index in [1.165, 1.54) is 11.0 Å². The lowest BCUT2D eigenvalue weighted by Crippen LogP contribution is -2.54. The number of ether oxygens (including phenoxy) is 1. The predicted molar refractivity (Wildman–Crippen MR) is 94.7 cm³/mol. The number of alkyl halides is 6. The van der Waals surface area contributed by atoms with E-state index in [0.29, 0.717) is 0 Å². The van der Waals surface area contributed by atoms with Crippen LogP contribution in [-0.2, 0) is 14.3 Å². The van der Waals surface area contributed by atoms with Crippen molar-refractivity contribution in [1.29, 1.82) is 0 Å². The molecule has 1 saturated heterocycles. The zero-order valence-electron chi connectivity index (χ0n) is 15.9. The van der Waals surface area contributed by atoms with Gasteiger partial charge in [-0.1, -0.05) is 0 Å². The third-order valence-electron chi connectivity index (χ3n) is 4.24. The van der Waals surface area contributed by atoms with Crippen LogP contribution in [0.3, 0.4) is 0 Å². The zero-order valence-corrected chi connectivity index (χ0v) is 15.9. The van der Waals surface area contributed by atoms with Crippen molar-refractivity contribution < 1.29 is 45.1 Å². The van der Waals surface area contributed by atoms with Gasteiger partial charge in [0.25, 0.3) is 5.91 Å². The number of halogens is 7. The number of rotatable bonds is 7. The number of carbonyl (C=O) groups is 2. The van der Waals surface area contributed by atoms with Gasteiger partial charge in [-0.05, 0) is 18.2 Å². The summed E-state index contributed by atoms with van der Waals surface area (Å²) in [6.07, 6.45) is -10.1. The predicted octanol–water partition coefficient (Wildman–Crippen LogP) is 1.88. The molecule has 14 heteroatoms. The summed E-state index contributed by atoms with van der Waals surface area (Å²) in [6, 6.07) is 1.18. The highest BCUT2D eigenvalue weighted by Crippen LogP contribution is 2.26. The molecular weight excluding hydrogens is 441 g/mol. The Morgan fingerprint density at radius 3 is 2.29 bits per heavy atom. The van der Waals surface area contributed by atoms with Gasteiger partial charge in [0.1, 0.15) is 18.5 Å². The maximum Gasteiger partial charge on any atom is 0.401 e. The Morgan fingerprint density at radius 1 is 1.19 bits per heavy atom. The molecule has 1 heterocycles. The van der Waals surface area contributed by atoms with Crippen molar-refractivity contribution in [2.24, 2.45) is 5.73 Å². The number of nitrogens with one attached hydrogen (secondary N) is 1. The first-order chi connectivity index (χ1) is 14.3. The fourth-order valence-corrected chi connectivity index (χ4v) is 2.94. The molecule has 0 saturated carbocycles. The van der Waals surface area contributed by atoms with Crippen LogP contribution in [-0.4, -0.2) is 74.5 Å². The van der Waals surface area contributed by atoms with Crippen molar-refractivity contribution in [3.05, 3.63) is 24.0 Å². The Morgan fingerprint density at radius 2 is 1.81 bits per heavy atom. The Bertz CT molecular complexity index is 785. The summed E-state index contributed by atoms with van der Waals surface area (Å²) >= 11 is 0. The summed E-state index contributed by atoms with van der Waals surface area (Å²) in [7, 11) is 0. The molecule has 174 valence electrons. The molecule has 0 aromatic heterocycles. The van der Waals surface area contributed by atoms with E-state index in [0.717, 1.165) is 12.1 Å². The van der Waals surface area contributed by atoms with E-state index < -0.39 is 61.3 Å². The molecule has 1 aliphatic heterocycles. The maximum atomic E-state index is 14.4. The first kappa shape index (κ1) is 24.8. The van der Waals surface area contributed by atoms with Gasteiger partial charge >= 0.3 is 12.4 Å². The maximum absolute atomic E-state index is 14.4. The average molecular weight is 460 g/mol.